The molecule has 48 valence electrons. The quantitative estimate of drug-likeness (QED) is 0.327. The highest BCUT2D eigenvalue weighted by molar-refractivity contribution is 6.06. The van der Waals surface area contributed by atoms with Crippen molar-refractivity contribution in [3.8, 4) is 0 Å². The molecule has 2 rings (SSSR count). The van der Waals surface area contributed by atoms with Crippen LogP contribution < -0.4 is 5.73 Å². The minimum atomic E-state index is -0.920. The lowest BCUT2D eigenvalue weighted by molar-refractivity contribution is -0.155. The summed E-state index contributed by atoms with van der Waals surface area (Å²) < 4.78 is 4.22. The van der Waals surface area contributed by atoms with Crippen LogP contribution in [0.5, 0.6) is 0 Å². The molecule has 0 radical (unpaired) electrons. The SMILES string of the molecule is NC12CC1C(=O)OC2=O. The third-order valence-corrected chi connectivity index (χ3v) is 1.86. The van der Waals surface area contributed by atoms with Gasteiger partial charge in [-0.05, 0) is 6.42 Å². The van der Waals surface area contributed by atoms with Gasteiger partial charge in [0.25, 0.3) is 0 Å². The van der Waals surface area contributed by atoms with Crippen molar-refractivity contribution >= 4 is 11.9 Å². The van der Waals surface area contributed by atoms with Gasteiger partial charge >= 0.3 is 11.9 Å². The molecule has 0 amide bonds. The summed E-state index contributed by atoms with van der Waals surface area (Å²) in [5.74, 6) is -1.34. The van der Waals surface area contributed by atoms with E-state index in [9.17, 15) is 9.59 Å². The molecule has 1 heterocycles. The van der Waals surface area contributed by atoms with Crippen LogP contribution >= 0.6 is 0 Å². The lowest BCUT2D eigenvalue weighted by atomic mass is 10.3. The zero-order valence-electron chi connectivity index (χ0n) is 4.59. The average Bonchev–Trinajstić information content (AvgIpc) is 2.38. The van der Waals surface area contributed by atoms with Crippen molar-refractivity contribution in [2.75, 3.05) is 0 Å². The largest absolute Gasteiger partial charge is 0.391 e. The molecule has 0 aromatic carbocycles. The minimum absolute atomic E-state index is 0.329. The van der Waals surface area contributed by atoms with E-state index in [0.717, 1.165) is 0 Å². The third-order valence-electron chi connectivity index (χ3n) is 1.86. The van der Waals surface area contributed by atoms with E-state index in [-0.39, 0.29) is 5.92 Å². The molecular formula is C5H5NO3. The molecule has 0 spiro atoms. The Morgan fingerprint density at radius 2 is 2.33 bits per heavy atom. The van der Waals surface area contributed by atoms with E-state index in [0.29, 0.717) is 6.42 Å². The average molecular weight is 127 g/mol. The van der Waals surface area contributed by atoms with Crippen LogP contribution in [0.3, 0.4) is 0 Å². The van der Waals surface area contributed by atoms with Crippen molar-refractivity contribution in [3.63, 3.8) is 0 Å². The smallest absolute Gasteiger partial charge is 0.334 e. The van der Waals surface area contributed by atoms with Crippen LogP contribution in [0.2, 0.25) is 0 Å². The molecule has 4 heteroatoms. The van der Waals surface area contributed by atoms with Crippen LogP contribution in [-0.2, 0) is 14.3 Å². The summed E-state index contributed by atoms with van der Waals surface area (Å²) >= 11 is 0. The maximum absolute atomic E-state index is 10.6. The van der Waals surface area contributed by atoms with Crippen LogP contribution in [0, 0.1) is 5.92 Å². The summed E-state index contributed by atoms with van der Waals surface area (Å²) in [4.78, 5) is 21.1. The summed E-state index contributed by atoms with van der Waals surface area (Å²) in [7, 11) is 0. The van der Waals surface area contributed by atoms with Crippen LogP contribution in [-0.4, -0.2) is 17.5 Å². The molecule has 1 aliphatic heterocycles. The van der Waals surface area contributed by atoms with Crippen LogP contribution in [0.15, 0.2) is 0 Å². The number of carbonyl (C=O) groups excluding carboxylic acids is 2. The van der Waals surface area contributed by atoms with Gasteiger partial charge in [-0.15, -0.1) is 0 Å². The molecule has 2 unspecified atom stereocenters. The van der Waals surface area contributed by atoms with Gasteiger partial charge in [0.15, 0.2) is 0 Å². The molecule has 4 nitrogen and oxygen atoms in total. The second kappa shape index (κ2) is 1.02. The van der Waals surface area contributed by atoms with Crippen molar-refractivity contribution in [3.05, 3.63) is 0 Å². The van der Waals surface area contributed by atoms with Gasteiger partial charge in [0.05, 0.1) is 5.92 Å². The van der Waals surface area contributed by atoms with Gasteiger partial charge in [0.1, 0.15) is 5.54 Å². The number of ether oxygens (including phenoxy) is 1. The van der Waals surface area contributed by atoms with E-state index in [4.69, 9.17) is 5.73 Å². The highest BCUT2D eigenvalue weighted by Gasteiger charge is 2.69. The van der Waals surface area contributed by atoms with Crippen molar-refractivity contribution in [2.24, 2.45) is 11.7 Å². The summed E-state index contributed by atoms with van der Waals surface area (Å²) in [5.41, 5.74) is 4.47. The molecule has 2 aliphatic rings. The number of nitrogens with two attached hydrogens (primary N) is 1. The zero-order chi connectivity index (χ0) is 6.65. The Labute approximate surface area is 51.0 Å². The Morgan fingerprint density at radius 3 is 2.44 bits per heavy atom. The lowest BCUT2D eigenvalue weighted by Crippen LogP contribution is -2.31. The summed E-state index contributed by atoms with van der Waals surface area (Å²) in [6, 6.07) is 0. The van der Waals surface area contributed by atoms with E-state index in [1.54, 1.807) is 0 Å². The monoisotopic (exact) mass is 127 g/mol. The summed E-state index contributed by atoms with van der Waals surface area (Å²) in [5, 5.41) is 0. The number of esters is 2. The number of rotatable bonds is 0. The number of hydrogen-bond acceptors (Lipinski definition) is 4. The van der Waals surface area contributed by atoms with E-state index in [1.807, 2.05) is 0 Å². The van der Waals surface area contributed by atoms with E-state index < -0.39 is 17.5 Å². The van der Waals surface area contributed by atoms with E-state index in [2.05, 4.69) is 4.74 Å². The predicted octanol–water partition coefficient (Wildman–Crippen LogP) is -1.21. The maximum atomic E-state index is 10.6. The molecule has 9 heavy (non-hydrogen) atoms. The number of carbonyl (C=O) groups is 2. The standard InChI is InChI=1S/C5H5NO3/c6-5-1-2(5)3(7)9-4(5)8/h2H,1,6H2. The van der Waals surface area contributed by atoms with Gasteiger partial charge < -0.3 is 10.5 Å². The molecule has 0 bridgehead atoms. The van der Waals surface area contributed by atoms with Gasteiger partial charge in [-0.3, -0.25) is 4.79 Å². The van der Waals surface area contributed by atoms with E-state index >= 15 is 0 Å². The number of cyclic esters (lactones) is 2. The van der Waals surface area contributed by atoms with Crippen molar-refractivity contribution in [2.45, 2.75) is 12.0 Å². The number of fused-ring (bicyclic) bond motifs is 1. The van der Waals surface area contributed by atoms with Crippen molar-refractivity contribution < 1.29 is 14.3 Å². The van der Waals surface area contributed by atoms with E-state index in [1.165, 1.54) is 0 Å². The maximum Gasteiger partial charge on any atom is 0.334 e. The summed E-state index contributed by atoms with van der Waals surface area (Å²) in [6.45, 7) is 0. The van der Waals surface area contributed by atoms with Gasteiger partial charge in [-0.25, -0.2) is 4.79 Å². The molecule has 1 aliphatic carbocycles. The molecule has 0 aromatic heterocycles. The van der Waals surface area contributed by atoms with Crippen molar-refractivity contribution in [1.29, 1.82) is 0 Å². The Morgan fingerprint density at radius 1 is 1.67 bits per heavy atom. The Hall–Kier alpha value is -0.900. The molecule has 2 N–H and O–H groups in total. The van der Waals surface area contributed by atoms with Gasteiger partial charge in [-0.1, -0.05) is 0 Å². The Bertz CT molecular complexity index is 212. The molecule has 1 saturated heterocycles. The molecular weight excluding hydrogens is 122 g/mol. The first-order chi connectivity index (χ1) is 4.14. The first-order valence-corrected chi connectivity index (χ1v) is 2.69. The zero-order valence-corrected chi connectivity index (χ0v) is 4.59. The lowest BCUT2D eigenvalue weighted by Gasteiger charge is -1.95. The highest BCUT2D eigenvalue weighted by Crippen LogP contribution is 2.47. The first-order valence-electron chi connectivity index (χ1n) is 2.69. The first kappa shape index (κ1) is 4.93. The molecule has 0 aromatic rings. The summed E-state index contributed by atoms with van der Waals surface area (Å²) in [6.07, 6.45) is 0.477. The van der Waals surface area contributed by atoms with Crippen LogP contribution in [0.1, 0.15) is 6.42 Å². The Balaban J connectivity index is 2.38. The molecule has 1 saturated carbocycles. The fourth-order valence-corrected chi connectivity index (χ4v) is 1.06. The second-order valence-corrected chi connectivity index (χ2v) is 2.51. The second-order valence-electron chi connectivity index (χ2n) is 2.51. The van der Waals surface area contributed by atoms with Gasteiger partial charge in [0.2, 0.25) is 0 Å². The fraction of sp³-hybridized carbons (Fsp3) is 0.600. The highest BCUT2D eigenvalue weighted by atomic mass is 16.6. The fourth-order valence-electron chi connectivity index (χ4n) is 1.06. The predicted molar refractivity (Wildman–Crippen MR) is 26.1 cm³/mol. The topological polar surface area (TPSA) is 69.4 Å². The number of hydrogen-bond donors (Lipinski definition) is 1. The van der Waals surface area contributed by atoms with Crippen LogP contribution in [0.4, 0.5) is 0 Å². The van der Waals surface area contributed by atoms with Gasteiger partial charge in [0, 0.05) is 0 Å². The molecule has 2 fully saturated rings. The Kier molecular flexibility index (Phi) is 0.558. The van der Waals surface area contributed by atoms with Crippen LogP contribution in [0.25, 0.3) is 0 Å². The van der Waals surface area contributed by atoms with Gasteiger partial charge in [-0.2, -0.15) is 0 Å². The molecule has 2 atom stereocenters. The van der Waals surface area contributed by atoms with Crippen molar-refractivity contribution in [1.82, 2.24) is 0 Å². The normalized spacial score (nSPS) is 46.6. The third kappa shape index (κ3) is 0.378. The minimum Gasteiger partial charge on any atom is -0.391 e.